The van der Waals surface area contributed by atoms with E-state index in [-0.39, 0.29) is 11.9 Å². The van der Waals surface area contributed by atoms with E-state index in [4.69, 9.17) is 0 Å². The maximum atomic E-state index is 11.5. The highest BCUT2D eigenvalue weighted by Crippen LogP contribution is 2.08. The summed E-state index contributed by atoms with van der Waals surface area (Å²) in [7, 11) is 2.70. The minimum absolute atomic E-state index is 0.374. The summed E-state index contributed by atoms with van der Waals surface area (Å²) in [5.41, 5.74) is 4.23. The van der Waals surface area contributed by atoms with Gasteiger partial charge in [0, 0.05) is 22.3 Å². The Labute approximate surface area is 175 Å². The van der Waals surface area contributed by atoms with Crippen LogP contribution in [0.15, 0.2) is 72.8 Å². The van der Waals surface area contributed by atoms with Crippen LogP contribution in [0.1, 0.15) is 43.0 Å². The monoisotopic (exact) mass is 394 g/mol. The van der Waals surface area contributed by atoms with E-state index < -0.39 is 0 Å². The molecule has 0 N–H and O–H groups in total. The summed E-state index contributed by atoms with van der Waals surface area (Å²) >= 11 is 0. The molecule has 0 aromatic heterocycles. The number of carbonyl (C=O) groups is 2. The second-order valence-electron chi connectivity index (χ2n) is 6.22. The third kappa shape index (κ3) is 5.38. The fourth-order valence-corrected chi connectivity index (χ4v) is 2.58. The molecular weight excluding hydrogens is 376 g/mol. The molecule has 0 saturated heterocycles. The Bertz CT molecular complexity index is 1090. The lowest BCUT2D eigenvalue weighted by Gasteiger charge is -1.98. The minimum atomic E-state index is -0.374. The third-order valence-corrected chi connectivity index (χ3v) is 4.18. The molecule has 30 heavy (non-hydrogen) atoms. The molecule has 0 radical (unpaired) electrons. The van der Waals surface area contributed by atoms with Crippen LogP contribution >= 0.6 is 0 Å². The number of methoxy groups -OCH3 is 2. The van der Waals surface area contributed by atoms with Crippen LogP contribution in [-0.2, 0) is 9.47 Å². The molecule has 0 spiro atoms. The van der Waals surface area contributed by atoms with Gasteiger partial charge in [-0.15, -0.1) is 0 Å². The van der Waals surface area contributed by atoms with Crippen LogP contribution in [0.4, 0.5) is 0 Å². The van der Waals surface area contributed by atoms with Crippen molar-refractivity contribution < 1.29 is 19.1 Å². The summed E-state index contributed by atoms with van der Waals surface area (Å²) in [5.74, 6) is 11.6. The van der Waals surface area contributed by atoms with Crippen LogP contribution in [0, 0.1) is 23.7 Å². The SMILES string of the molecule is COC(=O)c1ccc(C#Cc2cccc(C#Cc3ccc(C(=O)OC)cc3)c2)cc1. The highest BCUT2D eigenvalue weighted by molar-refractivity contribution is 5.89. The molecule has 0 aliphatic heterocycles. The van der Waals surface area contributed by atoms with Gasteiger partial charge in [-0.2, -0.15) is 0 Å². The Morgan fingerprint density at radius 2 is 0.933 bits per heavy atom. The van der Waals surface area contributed by atoms with Crippen LogP contribution in [0.25, 0.3) is 0 Å². The predicted octanol–water partition coefficient (Wildman–Crippen LogP) is 4.06. The van der Waals surface area contributed by atoms with Crippen molar-refractivity contribution in [2.24, 2.45) is 0 Å². The molecule has 0 amide bonds. The van der Waals surface area contributed by atoms with Crippen LogP contribution in [0.3, 0.4) is 0 Å². The van der Waals surface area contributed by atoms with Gasteiger partial charge in [0.1, 0.15) is 0 Å². The Kier molecular flexibility index (Phi) is 6.66. The fraction of sp³-hybridized carbons (Fsp3) is 0.0769. The zero-order chi connectivity index (χ0) is 21.3. The molecule has 0 bridgehead atoms. The maximum Gasteiger partial charge on any atom is 0.337 e. The maximum absolute atomic E-state index is 11.5. The van der Waals surface area contributed by atoms with Gasteiger partial charge >= 0.3 is 11.9 Å². The van der Waals surface area contributed by atoms with Crippen molar-refractivity contribution in [3.8, 4) is 23.7 Å². The van der Waals surface area contributed by atoms with E-state index in [0.29, 0.717) is 11.1 Å². The van der Waals surface area contributed by atoms with E-state index in [2.05, 4.69) is 33.2 Å². The van der Waals surface area contributed by atoms with Gasteiger partial charge in [-0.3, -0.25) is 0 Å². The summed E-state index contributed by atoms with van der Waals surface area (Å²) in [4.78, 5) is 22.9. The first-order valence-corrected chi connectivity index (χ1v) is 9.10. The third-order valence-electron chi connectivity index (χ3n) is 4.18. The molecular formula is C26H18O4. The van der Waals surface area contributed by atoms with Crippen LogP contribution in [0.2, 0.25) is 0 Å². The van der Waals surface area contributed by atoms with Gasteiger partial charge < -0.3 is 9.47 Å². The lowest BCUT2D eigenvalue weighted by molar-refractivity contribution is 0.0592. The summed E-state index contributed by atoms with van der Waals surface area (Å²) in [6.07, 6.45) is 0. The standard InChI is InChI=1S/C26H18O4/c1-29-25(27)23-14-10-19(11-15-23)6-8-21-4-3-5-22(18-21)9-7-20-12-16-24(17-13-20)26(28)30-2/h3-5,10-18H,1-2H3. The smallest absolute Gasteiger partial charge is 0.337 e. The number of rotatable bonds is 2. The number of benzene rings is 3. The first kappa shape index (κ1) is 20.5. The number of ether oxygens (including phenoxy) is 2. The van der Waals surface area contributed by atoms with E-state index in [9.17, 15) is 9.59 Å². The van der Waals surface area contributed by atoms with Crippen LogP contribution in [-0.4, -0.2) is 26.2 Å². The van der Waals surface area contributed by atoms with Crippen molar-refractivity contribution in [1.29, 1.82) is 0 Å². The molecule has 4 heteroatoms. The van der Waals surface area contributed by atoms with Gasteiger partial charge in [-0.05, 0) is 66.7 Å². The second-order valence-corrected chi connectivity index (χ2v) is 6.22. The molecule has 3 aromatic rings. The average Bonchev–Trinajstić information content (AvgIpc) is 2.81. The Morgan fingerprint density at radius 3 is 1.30 bits per heavy atom. The lowest BCUT2D eigenvalue weighted by atomic mass is 10.1. The van der Waals surface area contributed by atoms with E-state index in [1.165, 1.54) is 14.2 Å². The number of hydrogen-bond donors (Lipinski definition) is 0. The molecule has 0 saturated carbocycles. The van der Waals surface area contributed by atoms with Gasteiger partial charge in [-0.25, -0.2) is 9.59 Å². The van der Waals surface area contributed by atoms with Gasteiger partial charge in [0.15, 0.2) is 0 Å². The van der Waals surface area contributed by atoms with Crippen molar-refractivity contribution in [2.75, 3.05) is 14.2 Å². The van der Waals surface area contributed by atoms with Crippen molar-refractivity contribution in [3.05, 3.63) is 106 Å². The summed E-state index contributed by atoms with van der Waals surface area (Å²) in [6.45, 7) is 0. The summed E-state index contributed by atoms with van der Waals surface area (Å²) < 4.78 is 9.37. The summed E-state index contributed by atoms with van der Waals surface area (Å²) in [5, 5.41) is 0. The normalized spacial score (nSPS) is 9.40. The fourth-order valence-electron chi connectivity index (χ4n) is 2.58. The molecule has 0 aliphatic carbocycles. The largest absolute Gasteiger partial charge is 0.465 e. The second kappa shape index (κ2) is 9.78. The van der Waals surface area contributed by atoms with E-state index in [1.54, 1.807) is 48.5 Å². The van der Waals surface area contributed by atoms with E-state index in [0.717, 1.165) is 22.3 Å². The molecule has 4 nitrogen and oxygen atoms in total. The molecule has 146 valence electrons. The van der Waals surface area contributed by atoms with Gasteiger partial charge in [-0.1, -0.05) is 29.7 Å². The predicted molar refractivity (Wildman–Crippen MR) is 114 cm³/mol. The minimum Gasteiger partial charge on any atom is -0.465 e. The lowest BCUT2D eigenvalue weighted by Crippen LogP contribution is -2.00. The van der Waals surface area contributed by atoms with E-state index in [1.807, 2.05) is 24.3 Å². The number of carbonyl (C=O) groups excluding carboxylic acids is 2. The number of hydrogen-bond acceptors (Lipinski definition) is 4. The zero-order valence-corrected chi connectivity index (χ0v) is 16.6. The van der Waals surface area contributed by atoms with E-state index >= 15 is 0 Å². The van der Waals surface area contributed by atoms with Gasteiger partial charge in [0.05, 0.1) is 25.3 Å². The molecule has 0 aliphatic rings. The quantitative estimate of drug-likeness (QED) is 0.486. The molecule has 0 atom stereocenters. The first-order valence-electron chi connectivity index (χ1n) is 9.10. The molecule has 3 rings (SSSR count). The Morgan fingerprint density at radius 1 is 0.567 bits per heavy atom. The highest BCUT2D eigenvalue weighted by atomic mass is 16.5. The van der Waals surface area contributed by atoms with Crippen molar-refractivity contribution >= 4 is 11.9 Å². The summed E-state index contributed by atoms with van der Waals surface area (Å²) in [6, 6.07) is 21.5. The Balaban J connectivity index is 1.73. The zero-order valence-electron chi connectivity index (χ0n) is 16.6. The van der Waals surface area contributed by atoms with Crippen LogP contribution in [0.5, 0.6) is 0 Å². The van der Waals surface area contributed by atoms with Crippen LogP contribution < -0.4 is 0 Å². The van der Waals surface area contributed by atoms with Crippen molar-refractivity contribution in [2.45, 2.75) is 0 Å². The molecule has 0 unspecified atom stereocenters. The molecule has 0 heterocycles. The first-order chi connectivity index (χ1) is 14.6. The Hall–Kier alpha value is -4.28. The number of esters is 2. The highest BCUT2D eigenvalue weighted by Gasteiger charge is 2.04. The van der Waals surface area contributed by atoms with Crippen molar-refractivity contribution in [3.63, 3.8) is 0 Å². The van der Waals surface area contributed by atoms with Gasteiger partial charge in [0.25, 0.3) is 0 Å². The van der Waals surface area contributed by atoms with Crippen molar-refractivity contribution in [1.82, 2.24) is 0 Å². The molecule has 3 aromatic carbocycles. The topological polar surface area (TPSA) is 52.6 Å². The van der Waals surface area contributed by atoms with Gasteiger partial charge in [0.2, 0.25) is 0 Å². The average molecular weight is 394 g/mol. The molecule has 0 fully saturated rings.